The van der Waals surface area contributed by atoms with Crippen molar-refractivity contribution >= 4 is 23.2 Å². The molecule has 1 aliphatic heterocycles. The van der Waals surface area contributed by atoms with Gasteiger partial charge in [-0.3, -0.25) is 9.59 Å². The lowest BCUT2D eigenvalue weighted by atomic mass is 10.1. The predicted molar refractivity (Wildman–Crippen MR) is 112 cm³/mol. The average Bonchev–Trinajstić information content (AvgIpc) is 3.22. The minimum Gasteiger partial charge on any atom is -0.480 e. The minimum atomic E-state index is -0.832. The molecule has 3 aromatic carbocycles. The van der Waals surface area contributed by atoms with Gasteiger partial charge < -0.3 is 24.8 Å². The summed E-state index contributed by atoms with van der Waals surface area (Å²) in [6.07, 6.45) is -0.832. The number of hydrogen-bond donors (Lipinski definition) is 2. The number of carbonyl (C=O) groups is 2. The van der Waals surface area contributed by atoms with Gasteiger partial charge in [-0.2, -0.15) is 0 Å². The van der Waals surface area contributed by atoms with E-state index >= 15 is 0 Å². The van der Waals surface area contributed by atoms with Gasteiger partial charge in [0.25, 0.3) is 11.8 Å². The SMILES string of the molecule is C[C@@H](Oc1ccccc1C(=O)Nc1ccccc1)C(=O)Nc1ccc2c(c1)OCO2. The fraction of sp³-hybridized carbons (Fsp3) is 0.130. The zero-order chi connectivity index (χ0) is 20.9. The fourth-order valence-corrected chi connectivity index (χ4v) is 2.94. The lowest BCUT2D eigenvalue weighted by Gasteiger charge is -2.17. The second-order valence-electron chi connectivity index (χ2n) is 6.63. The van der Waals surface area contributed by atoms with Crippen LogP contribution in [0.1, 0.15) is 17.3 Å². The van der Waals surface area contributed by atoms with Crippen molar-refractivity contribution in [3.05, 3.63) is 78.4 Å². The van der Waals surface area contributed by atoms with Crippen LogP contribution in [0.5, 0.6) is 17.2 Å². The molecule has 0 spiro atoms. The molecule has 4 rings (SSSR count). The van der Waals surface area contributed by atoms with Crippen LogP contribution < -0.4 is 24.8 Å². The molecule has 1 heterocycles. The van der Waals surface area contributed by atoms with Gasteiger partial charge in [-0.05, 0) is 43.3 Å². The van der Waals surface area contributed by atoms with E-state index in [1.54, 1.807) is 61.5 Å². The number of amides is 2. The van der Waals surface area contributed by atoms with Crippen LogP contribution >= 0.6 is 0 Å². The van der Waals surface area contributed by atoms with Crippen LogP contribution in [0.3, 0.4) is 0 Å². The summed E-state index contributed by atoms with van der Waals surface area (Å²) >= 11 is 0. The van der Waals surface area contributed by atoms with Crippen molar-refractivity contribution in [2.75, 3.05) is 17.4 Å². The molecule has 3 aromatic rings. The zero-order valence-corrected chi connectivity index (χ0v) is 16.3. The molecular formula is C23H20N2O5. The number of benzene rings is 3. The van der Waals surface area contributed by atoms with Crippen molar-refractivity contribution in [3.63, 3.8) is 0 Å². The Morgan fingerprint density at radius 3 is 2.43 bits per heavy atom. The molecule has 0 unspecified atom stereocenters. The number of fused-ring (bicyclic) bond motifs is 1. The van der Waals surface area contributed by atoms with Crippen LogP contribution in [0.25, 0.3) is 0 Å². The summed E-state index contributed by atoms with van der Waals surface area (Å²) in [6, 6.07) is 21.1. The summed E-state index contributed by atoms with van der Waals surface area (Å²) in [6.45, 7) is 1.78. The van der Waals surface area contributed by atoms with E-state index in [2.05, 4.69) is 10.6 Å². The van der Waals surface area contributed by atoms with Gasteiger partial charge in [0.1, 0.15) is 5.75 Å². The third-order valence-electron chi connectivity index (χ3n) is 4.48. The van der Waals surface area contributed by atoms with E-state index < -0.39 is 6.10 Å². The number of hydrogen-bond acceptors (Lipinski definition) is 5. The number of rotatable bonds is 6. The highest BCUT2D eigenvalue weighted by molar-refractivity contribution is 6.06. The van der Waals surface area contributed by atoms with E-state index in [9.17, 15) is 9.59 Å². The Morgan fingerprint density at radius 1 is 0.867 bits per heavy atom. The Bertz CT molecular complexity index is 1070. The molecule has 0 saturated heterocycles. The maximum atomic E-state index is 12.7. The Labute approximate surface area is 173 Å². The van der Waals surface area contributed by atoms with Crippen LogP contribution in [0, 0.1) is 0 Å². The molecule has 0 fully saturated rings. The summed E-state index contributed by atoms with van der Waals surface area (Å²) in [5.74, 6) is 0.853. The van der Waals surface area contributed by atoms with Gasteiger partial charge >= 0.3 is 0 Å². The maximum absolute atomic E-state index is 12.7. The number of anilines is 2. The molecule has 1 aliphatic rings. The molecule has 2 amide bonds. The molecule has 0 bridgehead atoms. The van der Waals surface area contributed by atoms with Crippen molar-refractivity contribution in [1.82, 2.24) is 0 Å². The van der Waals surface area contributed by atoms with Gasteiger partial charge in [-0.25, -0.2) is 0 Å². The van der Waals surface area contributed by atoms with Crippen molar-refractivity contribution < 1.29 is 23.8 Å². The van der Waals surface area contributed by atoms with E-state index in [1.807, 2.05) is 18.2 Å². The molecule has 152 valence electrons. The minimum absolute atomic E-state index is 0.161. The monoisotopic (exact) mass is 404 g/mol. The predicted octanol–water partition coefficient (Wildman–Crippen LogP) is 4.07. The standard InChI is InChI=1S/C23H20N2O5/c1-15(22(26)25-17-11-12-20-21(13-17)29-14-28-20)30-19-10-6-5-9-18(19)23(27)24-16-7-3-2-4-8-16/h2-13,15H,14H2,1H3,(H,24,27)(H,25,26)/t15-/m1/s1. The van der Waals surface area contributed by atoms with Crippen LogP contribution in [-0.2, 0) is 4.79 Å². The largest absolute Gasteiger partial charge is 0.480 e. The number of nitrogens with one attached hydrogen (secondary N) is 2. The molecule has 0 aliphatic carbocycles. The van der Waals surface area contributed by atoms with E-state index in [1.165, 1.54) is 0 Å². The van der Waals surface area contributed by atoms with Gasteiger partial charge in [0.05, 0.1) is 5.56 Å². The molecular weight excluding hydrogens is 384 g/mol. The van der Waals surface area contributed by atoms with Gasteiger partial charge in [0, 0.05) is 17.4 Å². The van der Waals surface area contributed by atoms with Crippen molar-refractivity contribution in [1.29, 1.82) is 0 Å². The lowest BCUT2D eigenvalue weighted by Crippen LogP contribution is -2.30. The van der Waals surface area contributed by atoms with Crippen LogP contribution in [0.2, 0.25) is 0 Å². The molecule has 2 N–H and O–H groups in total. The van der Waals surface area contributed by atoms with Crippen molar-refractivity contribution in [3.8, 4) is 17.2 Å². The van der Waals surface area contributed by atoms with Crippen LogP contribution in [0.15, 0.2) is 72.8 Å². The highest BCUT2D eigenvalue weighted by atomic mass is 16.7. The van der Waals surface area contributed by atoms with Gasteiger partial charge in [-0.15, -0.1) is 0 Å². The van der Waals surface area contributed by atoms with Gasteiger partial charge in [0.2, 0.25) is 6.79 Å². The molecule has 30 heavy (non-hydrogen) atoms. The lowest BCUT2D eigenvalue weighted by molar-refractivity contribution is -0.122. The molecule has 0 saturated carbocycles. The molecule has 7 heteroatoms. The topological polar surface area (TPSA) is 85.9 Å². The Hall–Kier alpha value is -4.00. The zero-order valence-electron chi connectivity index (χ0n) is 16.3. The summed E-state index contributed by atoms with van der Waals surface area (Å²) in [5, 5.41) is 5.60. The van der Waals surface area contributed by atoms with E-state index in [0.717, 1.165) is 0 Å². The summed E-state index contributed by atoms with van der Waals surface area (Å²) in [4.78, 5) is 25.2. The first kappa shape index (κ1) is 19.3. The molecule has 0 radical (unpaired) electrons. The number of para-hydroxylation sites is 2. The third kappa shape index (κ3) is 4.35. The van der Waals surface area contributed by atoms with Gasteiger partial charge in [0.15, 0.2) is 17.6 Å². The first-order valence-corrected chi connectivity index (χ1v) is 9.43. The maximum Gasteiger partial charge on any atom is 0.265 e. The fourth-order valence-electron chi connectivity index (χ4n) is 2.94. The Morgan fingerprint density at radius 2 is 1.60 bits per heavy atom. The van der Waals surface area contributed by atoms with Crippen LogP contribution in [0.4, 0.5) is 11.4 Å². The average molecular weight is 404 g/mol. The second-order valence-corrected chi connectivity index (χ2v) is 6.63. The van der Waals surface area contributed by atoms with Crippen molar-refractivity contribution in [2.24, 2.45) is 0 Å². The van der Waals surface area contributed by atoms with Crippen LogP contribution in [-0.4, -0.2) is 24.7 Å². The van der Waals surface area contributed by atoms with E-state index in [0.29, 0.717) is 34.2 Å². The second kappa shape index (κ2) is 8.57. The van der Waals surface area contributed by atoms with E-state index in [-0.39, 0.29) is 18.6 Å². The Kier molecular flexibility index (Phi) is 5.52. The summed E-state index contributed by atoms with van der Waals surface area (Å²) in [5.41, 5.74) is 1.57. The first-order chi connectivity index (χ1) is 14.6. The highest BCUT2D eigenvalue weighted by Crippen LogP contribution is 2.34. The molecule has 1 atom stereocenters. The molecule has 7 nitrogen and oxygen atoms in total. The highest BCUT2D eigenvalue weighted by Gasteiger charge is 2.20. The summed E-state index contributed by atoms with van der Waals surface area (Å²) in [7, 11) is 0. The smallest absolute Gasteiger partial charge is 0.265 e. The Balaban J connectivity index is 1.43. The molecule has 0 aromatic heterocycles. The quantitative estimate of drug-likeness (QED) is 0.647. The van der Waals surface area contributed by atoms with Crippen molar-refractivity contribution in [2.45, 2.75) is 13.0 Å². The number of carbonyl (C=O) groups excluding carboxylic acids is 2. The van der Waals surface area contributed by atoms with E-state index in [4.69, 9.17) is 14.2 Å². The summed E-state index contributed by atoms with van der Waals surface area (Å²) < 4.78 is 16.4. The third-order valence-corrected chi connectivity index (χ3v) is 4.48. The number of ether oxygens (including phenoxy) is 3. The normalized spacial score (nSPS) is 12.7. The first-order valence-electron chi connectivity index (χ1n) is 9.43. The van der Waals surface area contributed by atoms with Gasteiger partial charge in [-0.1, -0.05) is 30.3 Å².